The highest BCUT2D eigenvalue weighted by Gasteiger charge is 2.22. The van der Waals surface area contributed by atoms with Gasteiger partial charge in [-0.15, -0.1) is 24.0 Å². The van der Waals surface area contributed by atoms with E-state index >= 15 is 0 Å². The van der Waals surface area contributed by atoms with Gasteiger partial charge in [0.25, 0.3) is 0 Å². The van der Waals surface area contributed by atoms with E-state index in [2.05, 4.69) is 34.3 Å². The summed E-state index contributed by atoms with van der Waals surface area (Å²) in [7, 11) is 0. The number of benzene rings is 1. The topological polar surface area (TPSA) is 57.1 Å². The van der Waals surface area contributed by atoms with E-state index in [0.717, 1.165) is 44.2 Å². The maximum atomic E-state index is 9.67. The molecule has 0 radical (unpaired) electrons. The Morgan fingerprint density at radius 1 is 1.38 bits per heavy atom. The van der Waals surface area contributed by atoms with Crippen LogP contribution in [0, 0.1) is 0 Å². The van der Waals surface area contributed by atoms with E-state index in [0.29, 0.717) is 6.54 Å². The molecule has 1 aromatic carbocycles. The maximum Gasteiger partial charge on any atom is 0.194 e. The third-order valence-corrected chi connectivity index (χ3v) is 3.75. The Balaban J connectivity index is 0.00000288. The van der Waals surface area contributed by atoms with Crippen molar-refractivity contribution in [3.63, 3.8) is 0 Å². The van der Waals surface area contributed by atoms with Crippen molar-refractivity contribution in [3.8, 4) is 5.75 Å². The lowest BCUT2D eigenvalue weighted by atomic mass is 10.1. The summed E-state index contributed by atoms with van der Waals surface area (Å²) < 4.78 is 5.65. The van der Waals surface area contributed by atoms with Crippen molar-refractivity contribution in [2.45, 2.75) is 45.8 Å². The smallest absolute Gasteiger partial charge is 0.194 e. The molecule has 5 nitrogen and oxygen atoms in total. The van der Waals surface area contributed by atoms with E-state index in [4.69, 9.17) is 4.74 Å². The number of nitrogens with zero attached hydrogens (tertiary/aromatic N) is 2. The molecular formula is C18H30IN3O2. The van der Waals surface area contributed by atoms with Crippen LogP contribution >= 0.6 is 24.0 Å². The number of nitrogens with one attached hydrogen (secondary N) is 1. The van der Waals surface area contributed by atoms with Crippen LogP contribution in [0.2, 0.25) is 0 Å². The van der Waals surface area contributed by atoms with Crippen molar-refractivity contribution < 1.29 is 9.84 Å². The van der Waals surface area contributed by atoms with Gasteiger partial charge < -0.3 is 20.1 Å². The Hall–Kier alpha value is -1.02. The van der Waals surface area contributed by atoms with E-state index in [1.54, 1.807) is 0 Å². The van der Waals surface area contributed by atoms with Gasteiger partial charge in [0, 0.05) is 26.2 Å². The lowest BCUT2D eigenvalue weighted by Crippen LogP contribution is -2.40. The first-order valence-corrected chi connectivity index (χ1v) is 8.55. The van der Waals surface area contributed by atoms with E-state index in [1.807, 2.05) is 26.0 Å². The average molecular weight is 447 g/mol. The molecule has 2 rings (SSSR count). The lowest BCUT2D eigenvalue weighted by Gasteiger charge is -2.20. The summed E-state index contributed by atoms with van der Waals surface area (Å²) in [6.07, 6.45) is 1.69. The van der Waals surface area contributed by atoms with Gasteiger partial charge >= 0.3 is 0 Å². The molecule has 1 aliphatic rings. The van der Waals surface area contributed by atoms with Crippen LogP contribution in [0.5, 0.6) is 5.75 Å². The largest absolute Gasteiger partial charge is 0.491 e. The van der Waals surface area contributed by atoms with Crippen molar-refractivity contribution in [1.29, 1.82) is 0 Å². The van der Waals surface area contributed by atoms with E-state index in [-0.39, 0.29) is 36.2 Å². The predicted molar refractivity (Wildman–Crippen MR) is 110 cm³/mol. The lowest BCUT2D eigenvalue weighted by molar-refractivity contribution is 0.188. The standard InChI is InChI=1S/C18H29N3O2.HI/c1-4-19-18(21-12-10-16(22)13-21)20-11-9-15-5-7-17(8-6-15)23-14(2)3;/h5-8,14,16,22H,4,9-13H2,1-3H3,(H,19,20);1H/t16-;/m1./s1. The van der Waals surface area contributed by atoms with Crippen LogP contribution in [0.15, 0.2) is 29.3 Å². The molecule has 0 bridgehead atoms. The molecule has 24 heavy (non-hydrogen) atoms. The van der Waals surface area contributed by atoms with Crippen LogP contribution in [-0.2, 0) is 6.42 Å². The fraction of sp³-hybridized carbons (Fsp3) is 0.611. The van der Waals surface area contributed by atoms with Crippen LogP contribution in [-0.4, -0.2) is 54.4 Å². The van der Waals surface area contributed by atoms with Crippen LogP contribution < -0.4 is 10.1 Å². The summed E-state index contributed by atoms with van der Waals surface area (Å²) in [4.78, 5) is 6.82. The summed E-state index contributed by atoms with van der Waals surface area (Å²) in [5, 5.41) is 13.0. The normalized spacial score (nSPS) is 17.8. The van der Waals surface area contributed by atoms with Gasteiger partial charge in [-0.3, -0.25) is 4.99 Å². The molecule has 0 spiro atoms. The van der Waals surface area contributed by atoms with Gasteiger partial charge in [-0.05, 0) is 51.3 Å². The van der Waals surface area contributed by atoms with Gasteiger partial charge in [0.15, 0.2) is 5.96 Å². The molecule has 0 amide bonds. The number of rotatable bonds is 6. The second-order valence-electron chi connectivity index (χ2n) is 6.18. The molecule has 1 fully saturated rings. The second-order valence-corrected chi connectivity index (χ2v) is 6.18. The summed E-state index contributed by atoms with van der Waals surface area (Å²) in [6, 6.07) is 8.22. The van der Waals surface area contributed by atoms with Crippen molar-refractivity contribution in [2.24, 2.45) is 4.99 Å². The van der Waals surface area contributed by atoms with Crippen LogP contribution in [0.3, 0.4) is 0 Å². The molecular weight excluding hydrogens is 417 g/mol. The highest BCUT2D eigenvalue weighted by Crippen LogP contribution is 2.14. The monoisotopic (exact) mass is 447 g/mol. The Labute approximate surface area is 162 Å². The molecule has 0 aromatic heterocycles. The number of likely N-dealkylation sites (tertiary alicyclic amines) is 1. The van der Waals surface area contributed by atoms with E-state index < -0.39 is 0 Å². The van der Waals surface area contributed by atoms with Crippen LogP contribution in [0.4, 0.5) is 0 Å². The van der Waals surface area contributed by atoms with Gasteiger partial charge in [0.1, 0.15) is 5.75 Å². The number of aliphatic hydroxyl groups excluding tert-OH is 1. The summed E-state index contributed by atoms with van der Waals surface area (Å²) in [5.74, 6) is 1.82. The number of halogens is 1. The molecule has 2 N–H and O–H groups in total. The molecule has 1 heterocycles. The predicted octanol–water partition coefficient (Wildman–Crippen LogP) is 2.67. The average Bonchev–Trinajstić information content (AvgIpc) is 2.94. The number of ether oxygens (including phenoxy) is 1. The fourth-order valence-corrected chi connectivity index (χ4v) is 2.66. The van der Waals surface area contributed by atoms with Crippen molar-refractivity contribution in [2.75, 3.05) is 26.2 Å². The Kier molecular flexibility index (Phi) is 9.43. The minimum absolute atomic E-state index is 0. The first kappa shape index (κ1) is 21.0. The first-order chi connectivity index (χ1) is 11.1. The third-order valence-electron chi connectivity index (χ3n) is 3.75. The quantitative estimate of drug-likeness (QED) is 0.400. The minimum atomic E-state index is -0.229. The third kappa shape index (κ3) is 6.84. The molecule has 0 unspecified atom stereocenters. The molecule has 1 aliphatic heterocycles. The SMILES string of the molecule is CCNC(=NCCc1ccc(OC(C)C)cc1)N1CC[C@@H](O)C1.I. The molecule has 1 atom stereocenters. The molecule has 0 saturated carbocycles. The number of hydrogen-bond acceptors (Lipinski definition) is 3. The zero-order valence-electron chi connectivity index (χ0n) is 14.9. The summed E-state index contributed by atoms with van der Waals surface area (Å²) in [6.45, 7) is 9.24. The number of hydrogen-bond donors (Lipinski definition) is 2. The van der Waals surface area contributed by atoms with Crippen molar-refractivity contribution >= 4 is 29.9 Å². The fourth-order valence-electron chi connectivity index (χ4n) is 2.66. The second kappa shape index (κ2) is 10.8. The summed E-state index contributed by atoms with van der Waals surface area (Å²) >= 11 is 0. The van der Waals surface area contributed by atoms with Gasteiger partial charge in [0.05, 0.1) is 12.2 Å². The first-order valence-electron chi connectivity index (χ1n) is 8.55. The minimum Gasteiger partial charge on any atom is -0.491 e. The Bertz CT molecular complexity index is 505. The van der Waals surface area contributed by atoms with Crippen molar-refractivity contribution in [1.82, 2.24) is 10.2 Å². The summed E-state index contributed by atoms with van der Waals surface area (Å²) in [5.41, 5.74) is 1.25. The van der Waals surface area contributed by atoms with E-state index in [1.165, 1.54) is 5.56 Å². The van der Waals surface area contributed by atoms with Gasteiger partial charge in [-0.2, -0.15) is 0 Å². The number of β-amino-alcohol motifs (C(OH)–C–C–N with tert-alkyl or cyclic N) is 1. The van der Waals surface area contributed by atoms with Crippen LogP contribution in [0.25, 0.3) is 0 Å². The van der Waals surface area contributed by atoms with Gasteiger partial charge in [-0.1, -0.05) is 12.1 Å². The Morgan fingerprint density at radius 2 is 2.08 bits per heavy atom. The maximum absolute atomic E-state index is 9.67. The van der Waals surface area contributed by atoms with Crippen molar-refractivity contribution in [3.05, 3.63) is 29.8 Å². The zero-order chi connectivity index (χ0) is 16.7. The molecule has 0 aliphatic carbocycles. The molecule has 1 aromatic rings. The molecule has 6 heteroatoms. The van der Waals surface area contributed by atoms with Gasteiger partial charge in [-0.25, -0.2) is 0 Å². The zero-order valence-corrected chi connectivity index (χ0v) is 17.2. The highest BCUT2D eigenvalue weighted by atomic mass is 127. The molecule has 136 valence electrons. The van der Waals surface area contributed by atoms with E-state index in [9.17, 15) is 5.11 Å². The van der Waals surface area contributed by atoms with Crippen LogP contribution in [0.1, 0.15) is 32.8 Å². The number of aliphatic hydroxyl groups is 1. The Morgan fingerprint density at radius 3 is 2.62 bits per heavy atom. The number of aliphatic imine (C=N–C) groups is 1. The highest BCUT2D eigenvalue weighted by molar-refractivity contribution is 14.0. The number of guanidine groups is 1. The van der Waals surface area contributed by atoms with Gasteiger partial charge in [0.2, 0.25) is 0 Å². The molecule has 1 saturated heterocycles.